The van der Waals surface area contributed by atoms with Crippen LogP contribution in [0.25, 0.3) is 0 Å². The van der Waals surface area contributed by atoms with Crippen LogP contribution in [0.2, 0.25) is 0 Å². The minimum absolute atomic E-state index is 0.141. The minimum Gasteiger partial charge on any atom is -0.485 e. The van der Waals surface area contributed by atoms with Gasteiger partial charge in [0.25, 0.3) is 0 Å². The van der Waals surface area contributed by atoms with Crippen molar-refractivity contribution in [2.75, 3.05) is 11.2 Å². The second kappa shape index (κ2) is 9.45. The zero-order valence-electron chi connectivity index (χ0n) is 15.4. The summed E-state index contributed by atoms with van der Waals surface area (Å²) in [6, 6.07) is 16.2. The molecule has 0 saturated carbocycles. The van der Waals surface area contributed by atoms with Crippen LogP contribution >= 0.6 is 27.7 Å². The third-order valence-electron chi connectivity index (χ3n) is 3.81. The van der Waals surface area contributed by atoms with E-state index in [9.17, 15) is 4.79 Å². The van der Waals surface area contributed by atoms with Gasteiger partial charge < -0.3 is 15.9 Å². The Morgan fingerprint density at radius 1 is 1.34 bits per heavy atom. The number of nitrogen functional groups attached to an aromatic ring is 1. The van der Waals surface area contributed by atoms with Crippen molar-refractivity contribution < 1.29 is 9.53 Å². The molecule has 3 N–H and O–H groups in total. The van der Waals surface area contributed by atoms with Crippen molar-refractivity contribution in [3.63, 3.8) is 0 Å². The van der Waals surface area contributed by atoms with Gasteiger partial charge in [-0.15, -0.1) is 10.2 Å². The van der Waals surface area contributed by atoms with E-state index in [1.165, 1.54) is 16.4 Å². The summed E-state index contributed by atoms with van der Waals surface area (Å²) in [6.07, 6.45) is 0. The number of anilines is 1. The zero-order valence-corrected chi connectivity index (χ0v) is 17.8. The lowest BCUT2D eigenvalue weighted by molar-refractivity contribution is -0.115. The number of rotatable bonds is 7. The lowest BCUT2D eigenvalue weighted by Crippen LogP contribution is -2.24. The van der Waals surface area contributed by atoms with E-state index in [0.717, 1.165) is 4.47 Å². The van der Waals surface area contributed by atoms with Gasteiger partial charge in [0.05, 0.1) is 16.9 Å². The van der Waals surface area contributed by atoms with Crippen molar-refractivity contribution in [1.82, 2.24) is 14.9 Å². The number of halogens is 1. The highest BCUT2D eigenvalue weighted by atomic mass is 79.9. The molecule has 3 rings (SSSR count). The van der Waals surface area contributed by atoms with Crippen molar-refractivity contribution in [1.29, 1.82) is 5.26 Å². The molecule has 0 spiro atoms. The molecular weight excluding hydrogens is 456 g/mol. The summed E-state index contributed by atoms with van der Waals surface area (Å²) >= 11 is 4.56. The van der Waals surface area contributed by atoms with Gasteiger partial charge in [-0.05, 0) is 43.3 Å². The lowest BCUT2D eigenvalue weighted by Gasteiger charge is -2.12. The van der Waals surface area contributed by atoms with Gasteiger partial charge >= 0.3 is 0 Å². The third-order valence-corrected chi connectivity index (χ3v) is 5.36. The first-order chi connectivity index (χ1) is 14.0. The minimum atomic E-state index is -0.480. The van der Waals surface area contributed by atoms with Crippen molar-refractivity contribution in [3.8, 4) is 11.8 Å². The highest BCUT2D eigenvalue weighted by Crippen LogP contribution is 2.23. The van der Waals surface area contributed by atoms with Gasteiger partial charge in [0.1, 0.15) is 12.4 Å². The average Bonchev–Trinajstić information content (AvgIpc) is 3.06. The van der Waals surface area contributed by atoms with E-state index in [2.05, 4.69) is 31.4 Å². The quantitative estimate of drug-likeness (QED) is 0.399. The molecule has 0 aliphatic rings. The van der Waals surface area contributed by atoms with E-state index in [-0.39, 0.29) is 12.5 Å². The average molecular weight is 473 g/mol. The first-order valence-corrected chi connectivity index (χ1v) is 10.2. The molecule has 0 saturated heterocycles. The van der Waals surface area contributed by atoms with E-state index in [4.69, 9.17) is 15.8 Å². The van der Waals surface area contributed by atoms with Crippen molar-refractivity contribution >= 4 is 39.3 Å². The predicted octanol–water partition coefficient (Wildman–Crippen LogP) is 3.32. The fraction of sp³-hybridized carbons (Fsp3) is 0.158. The number of nitrogens with zero attached hydrogens (tertiary/aromatic N) is 4. The van der Waals surface area contributed by atoms with Crippen LogP contribution in [0.4, 0.5) is 5.69 Å². The van der Waals surface area contributed by atoms with Crippen LogP contribution in [0, 0.1) is 11.3 Å². The molecule has 1 atom stereocenters. The SMILES string of the molecule is C[C@@H](Sc1nnc(COc2cccc(Br)c2)n1N)C(=O)Nc1cccc(C#N)c1. The van der Waals surface area contributed by atoms with Gasteiger partial charge in [-0.1, -0.05) is 39.8 Å². The van der Waals surface area contributed by atoms with E-state index < -0.39 is 5.25 Å². The fourth-order valence-corrected chi connectivity index (χ4v) is 3.48. The van der Waals surface area contributed by atoms with Crippen molar-refractivity contribution in [2.45, 2.75) is 23.9 Å². The Kier molecular flexibility index (Phi) is 6.74. The van der Waals surface area contributed by atoms with Crippen molar-refractivity contribution in [2.24, 2.45) is 0 Å². The number of carbonyl (C=O) groups is 1. The predicted molar refractivity (Wildman–Crippen MR) is 114 cm³/mol. The summed E-state index contributed by atoms with van der Waals surface area (Å²) in [4.78, 5) is 12.4. The number of nitriles is 1. The molecule has 1 amide bonds. The van der Waals surface area contributed by atoms with E-state index in [1.807, 2.05) is 30.3 Å². The summed E-state index contributed by atoms with van der Waals surface area (Å²) in [5.74, 6) is 6.92. The fourth-order valence-electron chi connectivity index (χ4n) is 2.31. The van der Waals surface area contributed by atoms with Crippen LogP contribution in [-0.4, -0.2) is 26.0 Å². The maximum atomic E-state index is 12.4. The molecule has 0 bridgehead atoms. The second-order valence-corrected chi connectivity index (χ2v) is 8.18. The number of benzene rings is 2. The number of amides is 1. The molecule has 3 aromatic rings. The Bertz CT molecular complexity index is 1060. The van der Waals surface area contributed by atoms with Crippen LogP contribution < -0.4 is 15.9 Å². The smallest absolute Gasteiger partial charge is 0.237 e. The summed E-state index contributed by atoms with van der Waals surface area (Å²) in [6.45, 7) is 1.88. The molecule has 0 fully saturated rings. The van der Waals surface area contributed by atoms with Crippen LogP contribution in [0.3, 0.4) is 0 Å². The molecule has 148 valence electrons. The van der Waals surface area contributed by atoms with Gasteiger partial charge in [-0.25, -0.2) is 4.68 Å². The molecule has 0 unspecified atom stereocenters. The number of hydrogen-bond acceptors (Lipinski definition) is 7. The van der Waals surface area contributed by atoms with Gasteiger partial charge in [-0.3, -0.25) is 4.79 Å². The van der Waals surface area contributed by atoms with Gasteiger partial charge in [0.15, 0.2) is 5.82 Å². The number of ether oxygens (including phenoxy) is 1. The summed E-state index contributed by atoms with van der Waals surface area (Å²) in [7, 11) is 0. The molecule has 10 heteroatoms. The normalized spacial score (nSPS) is 11.5. The summed E-state index contributed by atoms with van der Waals surface area (Å²) in [5.41, 5.74) is 1.03. The molecule has 0 aliphatic heterocycles. The molecule has 0 aliphatic carbocycles. The van der Waals surface area contributed by atoms with E-state index in [0.29, 0.717) is 28.0 Å². The molecule has 2 aromatic carbocycles. The van der Waals surface area contributed by atoms with Crippen LogP contribution in [0.5, 0.6) is 5.75 Å². The first kappa shape index (κ1) is 20.7. The Balaban J connectivity index is 1.59. The standard InChI is InChI=1S/C19H17BrN6O2S/c1-12(18(27)23-15-6-2-4-13(8-15)10-21)29-19-25-24-17(26(19)22)11-28-16-7-3-5-14(20)9-16/h2-9,12H,11,22H2,1H3,(H,23,27)/t12-/m1/s1. The summed E-state index contributed by atoms with van der Waals surface area (Å²) < 4.78 is 7.88. The number of nitrogens with one attached hydrogen (secondary N) is 1. The zero-order chi connectivity index (χ0) is 20.8. The summed E-state index contributed by atoms with van der Waals surface area (Å²) in [5, 5.41) is 19.7. The Morgan fingerprint density at radius 2 is 2.14 bits per heavy atom. The van der Waals surface area contributed by atoms with Gasteiger partial charge in [0.2, 0.25) is 11.1 Å². The van der Waals surface area contributed by atoms with E-state index >= 15 is 0 Å². The Labute approximate surface area is 180 Å². The third kappa shape index (κ3) is 5.49. The molecule has 29 heavy (non-hydrogen) atoms. The largest absolute Gasteiger partial charge is 0.485 e. The lowest BCUT2D eigenvalue weighted by atomic mass is 10.2. The first-order valence-electron chi connectivity index (χ1n) is 8.51. The Morgan fingerprint density at radius 3 is 2.90 bits per heavy atom. The highest BCUT2D eigenvalue weighted by Gasteiger charge is 2.20. The van der Waals surface area contributed by atoms with Crippen LogP contribution in [0.1, 0.15) is 18.3 Å². The highest BCUT2D eigenvalue weighted by molar-refractivity contribution is 9.10. The number of carbonyl (C=O) groups excluding carboxylic acids is 1. The molecular formula is C19H17BrN6O2S. The molecule has 0 radical (unpaired) electrons. The Hall–Kier alpha value is -3.03. The van der Waals surface area contributed by atoms with Crippen LogP contribution in [0.15, 0.2) is 58.2 Å². The molecule has 1 aromatic heterocycles. The molecule has 8 nitrogen and oxygen atoms in total. The van der Waals surface area contributed by atoms with Gasteiger partial charge in [0, 0.05) is 10.2 Å². The number of aromatic nitrogens is 3. The number of nitrogens with two attached hydrogens (primary N) is 1. The van der Waals surface area contributed by atoms with Crippen LogP contribution in [-0.2, 0) is 11.4 Å². The van der Waals surface area contributed by atoms with Crippen molar-refractivity contribution in [3.05, 3.63) is 64.4 Å². The number of hydrogen-bond donors (Lipinski definition) is 2. The van der Waals surface area contributed by atoms with Gasteiger partial charge in [-0.2, -0.15) is 5.26 Å². The molecule has 1 heterocycles. The van der Waals surface area contributed by atoms with E-state index in [1.54, 1.807) is 31.2 Å². The second-order valence-electron chi connectivity index (χ2n) is 5.96. The maximum absolute atomic E-state index is 12.4. The monoisotopic (exact) mass is 472 g/mol. The number of thioether (sulfide) groups is 1. The topological polar surface area (TPSA) is 119 Å². The maximum Gasteiger partial charge on any atom is 0.237 e.